The Bertz CT molecular complexity index is 688. The van der Waals surface area contributed by atoms with E-state index in [0.717, 1.165) is 16.8 Å². The number of amides is 1. The lowest BCUT2D eigenvalue weighted by Gasteiger charge is -2.12. The summed E-state index contributed by atoms with van der Waals surface area (Å²) in [5, 5.41) is 5.95. The van der Waals surface area contributed by atoms with Crippen LogP contribution in [0, 0.1) is 13.8 Å². The Labute approximate surface area is 130 Å². The van der Waals surface area contributed by atoms with Gasteiger partial charge < -0.3 is 10.6 Å². The molecule has 2 rings (SSSR count). The maximum absolute atomic E-state index is 12.0. The molecule has 2 N–H and O–H groups in total. The Morgan fingerprint density at radius 3 is 2.27 bits per heavy atom. The fourth-order valence-corrected chi connectivity index (χ4v) is 2.28. The minimum absolute atomic E-state index is 0.0234. The van der Waals surface area contributed by atoms with Crippen molar-refractivity contribution in [2.75, 3.05) is 17.2 Å². The zero-order valence-corrected chi connectivity index (χ0v) is 13.1. The van der Waals surface area contributed by atoms with E-state index < -0.39 is 0 Å². The molecule has 4 nitrogen and oxygen atoms in total. The van der Waals surface area contributed by atoms with Crippen LogP contribution in [0.4, 0.5) is 11.4 Å². The lowest BCUT2D eigenvalue weighted by atomic mass is 10.1. The summed E-state index contributed by atoms with van der Waals surface area (Å²) >= 11 is 0. The normalized spacial score (nSPS) is 10.1. The lowest BCUT2D eigenvalue weighted by Crippen LogP contribution is -2.22. The highest BCUT2D eigenvalue weighted by Crippen LogP contribution is 2.19. The first kappa shape index (κ1) is 15.8. The summed E-state index contributed by atoms with van der Waals surface area (Å²) in [6, 6.07) is 12.9. The molecule has 0 unspecified atom stereocenters. The average molecular weight is 296 g/mol. The van der Waals surface area contributed by atoms with Crippen LogP contribution in [0.15, 0.2) is 42.5 Å². The van der Waals surface area contributed by atoms with Crippen LogP contribution in [0.2, 0.25) is 0 Å². The summed E-state index contributed by atoms with van der Waals surface area (Å²) in [7, 11) is 0. The summed E-state index contributed by atoms with van der Waals surface area (Å²) in [6.45, 7) is 5.69. The van der Waals surface area contributed by atoms with Gasteiger partial charge in [0.1, 0.15) is 0 Å². The van der Waals surface area contributed by atoms with Crippen molar-refractivity contribution >= 4 is 23.1 Å². The number of hydrogen-bond donors (Lipinski definition) is 2. The predicted molar refractivity (Wildman–Crippen MR) is 89.5 cm³/mol. The van der Waals surface area contributed by atoms with Crippen molar-refractivity contribution < 1.29 is 9.59 Å². The summed E-state index contributed by atoms with van der Waals surface area (Å²) in [5.41, 5.74) is 4.40. The van der Waals surface area contributed by atoms with E-state index in [1.807, 2.05) is 32.0 Å². The molecule has 0 spiro atoms. The maximum atomic E-state index is 12.0. The van der Waals surface area contributed by atoms with Gasteiger partial charge in [0.2, 0.25) is 5.91 Å². The molecule has 22 heavy (non-hydrogen) atoms. The smallest absolute Gasteiger partial charge is 0.243 e. The standard InChI is InChI=1S/C18H20N2O2/c1-12-6-4-7-13(2)18(12)19-11-17(22)20-16-9-5-8-15(10-16)14(3)21/h4-10,19H,11H2,1-3H3,(H,20,22). The average Bonchev–Trinajstić information content (AvgIpc) is 2.47. The second-order valence-electron chi connectivity index (χ2n) is 5.31. The minimum Gasteiger partial charge on any atom is -0.376 e. The molecule has 0 aliphatic rings. The van der Waals surface area contributed by atoms with Gasteiger partial charge >= 0.3 is 0 Å². The monoisotopic (exact) mass is 296 g/mol. The first-order valence-corrected chi connectivity index (χ1v) is 7.18. The minimum atomic E-state index is -0.150. The Hall–Kier alpha value is -2.62. The van der Waals surface area contributed by atoms with Crippen LogP contribution < -0.4 is 10.6 Å². The van der Waals surface area contributed by atoms with Gasteiger partial charge in [0.15, 0.2) is 5.78 Å². The molecular formula is C18H20N2O2. The lowest BCUT2D eigenvalue weighted by molar-refractivity contribution is -0.114. The fourth-order valence-electron chi connectivity index (χ4n) is 2.28. The molecule has 0 aliphatic heterocycles. The van der Waals surface area contributed by atoms with Gasteiger partial charge in [0.05, 0.1) is 6.54 Å². The van der Waals surface area contributed by atoms with E-state index >= 15 is 0 Å². The topological polar surface area (TPSA) is 58.2 Å². The quantitative estimate of drug-likeness (QED) is 0.829. The van der Waals surface area contributed by atoms with Crippen molar-refractivity contribution in [1.82, 2.24) is 0 Å². The molecule has 0 aliphatic carbocycles. The molecule has 114 valence electrons. The molecular weight excluding hydrogens is 276 g/mol. The third-order valence-corrected chi connectivity index (χ3v) is 3.46. The van der Waals surface area contributed by atoms with Gasteiger partial charge in [-0.15, -0.1) is 0 Å². The second-order valence-corrected chi connectivity index (χ2v) is 5.31. The molecule has 0 heterocycles. The zero-order valence-electron chi connectivity index (χ0n) is 13.1. The molecule has 2 aromatic rings. The zero-order chi connectivity index (χ0) is 16.1. The number of hydrogen-bond acceptors (Lipinski definition) is 3. The van der Waals surface area contributed by atoms with Gasteiger partial charge in [-0.05, 0) is 44.0 Å². The third-order valence-electron chi connectivity index (χ3n) is 3.46. The van der Waals surface area contributed by atoms with Crippen molar-refractivity contribution in [3.05, 3.63) is 59.2 Å². The number of Topliss-reactive ketones (excluding diaryl/α,β-unsaturated/α-hetero) is 1. The van der Waals surface area contributed by atoms with E-state index in [4.69, 9.17) is 0 Å². The molecule has 0 radical (unpaired) electrons. The first-order valence-electron chi connectivity index (χ1n) is 7.18. The van der Waals surface area contributed by atoms with Crippen LogP contribution in [-0.2, 0) is 4.79 Å². The van der Waals surface area contributed by atoms with Gasteiger partial charge in [-0.3, -0.25) is 9.59 Å². The number of nitrogens with one attached hydrogen (secondary N) is 2. The maximum Gasteiger partial charge on any atom is 0.243 e. The molecule has 0 saturated carbocycles. The van der Waals surface area contributed by atoms with Crippen molar-refractivity contribution in [2.24, 2.45) is 0 Å². The Morgan fingerprint density at radius 2 is 1.64 bits per heavy atom. The van der Waals surface area contributed by atoms with E-state index in [-0.39, 0.29) is 18.2 Å². The van der Waals surface area contributed by atoms with E-state index in [9.17, 15) is 9.59 Å². The second kappa shape index (κ2) is 6.89. The molecule has 2 aromatic carbocycles. The molecule has 0 aromatic heterocycles. The van der Waals surface area contributed by atoms with Crippen LogP contribution in [-0.4, -0.2) is 18.2 Å². The number of anilines is 2. The Kier molecular flexibility index (Phi) is 4.94. The van der Waals surface area contributed by atoms with Gasteiger partial charge in [0.25, 0.3) is 0 Å². The Balaban J connectivity index is 1.99. The Morgan fingerprint density at radius 1 is 1.00 bits per heavy atom. The summed E-state index contributed by atoms with van der Waals surface area (Å²) < 4.78 is 0. The van der Waals surface area contributed by atoms with Crippen molar-refractivity contribution in [2.45, 2.75) is 20.8 Å². The van der Waals surface area contributed by atoms with Gasteiger partial charge in [-0.2, -0.15) is 0 Å². The van der Waals surface area contributed by atoms with Gasteiger partial charge in [0, 0.05) is 16.9 Å². The fraction of sp³-hybridized carbons (Fsp3) is 0.222. The van der Waals surface area contributed by atoms with Crippen molar-refractivity contribution in [1.29, 1.82) is 0 Å². The molecule has 0 bridgehead atoms. The third kappa shape index (κ3) is 3.95. The largest absolute Gasteiger partial charge is 0.376 e. The number of carbonyl (C=O) groups is 2. The summed E-state index contributed by atoms with van der Waals surface area (Å²) in [4.78, 5) is 23.4. The molecule has 1 amide bonds. The highest BCUT2D eigenvalue weighted by Gasteiger charge is 2.07. The SMILES string of the molecule is CC(=O)c1cccc(NC(=O)CNc2c(C)cccc2C)c1. The van der Waals surface area contributed by atoms with Gasteiger partial charge in [-0.25, -0.2) is 0 Å². The molecule has 0 saturated heterocycles. The van der Waals surface area contributed by atoms with Crippen LogP contribution >= 0.6 is 0 Å². The van der Waals surface area contributed by atoms with E-state index in [1.54, 1.807) is 24.3 Å². The van der Waals surface area contributed by atoms with Gasteiger partial charge in [-0.1, -0.05) is 30.3 Å². The highest BCUT2D eigenvalue weighted by molar-refractivity contribution is 5.98. The van der Waals surface area contributed by atoms with E-state index in [0.29, 0.717) is 11.3 Å². The van der Waals surface area contributed by atoms with Crippen LogP contribution in [0.1, 0.15) is 28.4 Å². The number of benzene rings is 2. The molecule has 4 heteroatoms. The van der Waals surface area contributed by atoms with Crippen molar-refractivity contribution in [3.8, 4) is 0 Å². The van der Waals surface area contributed by atoms with Crippen LogP contribution in [0.5, 0.6) is 0 Å². The van der Waals surface area contributed by atoms with Crippen molar-refractivity contribution in [3.63, 3.8) is 0 Å². The van der Waals surface area contributed by atoms with E-state index in [2.05, 4.69) is 10.6 Å². The molecule has 0 atom stereocenters. The van der Waals surface area contributed by atoms with Crippen LogP contribution in [0.25, 0.3) is 0 Å². The number of ketones is 1. The number of carbonyl (C=O) groups excluding carboxylic acids is 2. The van der Waals surface area contributed by atoms with E-state index in [1.165, 1.54) is 6.92 Å². The summed E-state index contributed by atoms with van der Waals surface area (Å²) in [6.07, 6.45) is 0. The highest BCUT2D eigenvalue weighted by atomic mass is 16.2. The number of aryl methyl sites for hydroxylation is 2. The number of rotatable bonds is 5. The number of para-hydroxylation sites is 1. The predicted octanol–water partition coefficient (Wildman–Crippen LogP) is 3.56. The first-order chi connectivity index (χ1) is 10.5. The molecule has 0 fully saturated rings. The van der Waals surface area contributed by atoms with Crippen LogP contribution in [0.3, 0.4) is 0 Å². The summed E-state index contributed by atoms with van der Waals surface area (Å²) in [5.74, 6) is -0.173.